The number of ether oxygens (including phenoxy) is 1. The van der Waals surface area contributed by atoms with Crippen molar-refractivity contribution in [3.8, 4) is 0 Å². The van der Waals surface area contributed by atoms with Crippen molar-refractivity contribution in [3.05, 3.63) is 58.1 Å². The predicted octanol–water partition coefficient (Wildman–Crippen LogP) is 4.14. The number of anilines is 2. The summed E-state index contributed by atoms with van der Waals surface area (Å²) < 4.78 is 5.13. The van der Waals surface area contributed by atoms with Crippen LogP contribution in [0.1, 0.15) is 24.2 Å². The van der Waals surface area contributed by atoms with Crippen LogP contribution in [-0.2, 0) is 14.3 Å². The van der Waals surface area contributed by atoms with E-state index in [0.717, 1.165) is 0 Å². The Bertz CT molecular complexity index is 838. The summed E-state index contributed by atoms with van der Waals surface area (Å²) in [7, 11) is 0. The molecule has 0 heterocycles. The minimum atomic E-state index is -1.05. The zero-order valence-electron chi connectivity index (χ0n) is 14.0. The fourth-order valence-electron chi connectivity index (χ4n) is 2.02. The summed E-state index contributed by atoms with van der Waals surface area (Å²) in [6.07, 6.45) is -1.05. The minimum Gasteiger partial charge on any atom is -0.449 e. The summed E-state index contributed by atoms with van der Waals surface area (Å²) in [5.41, 5.74) is 1.18. The molecule has 0 spiro atoms. The number of hydrogen-bond donors (Lipinski definition) is 2. The van der Waals surface area contributed by atoms with Gasteiger partial charge in [0, 0.05) is 23.3 Å². The van der Waals surface area contributed by atoms with Crippen LogP contribution >= 0.6 is 23.2 Å². The van der Waals surface area contributed by atoms with Gasteiger partial charge in [0.2, 0.25) is 5.91 Å². The number of esters is 1. The van der Waals surface area contributed by atoms with E-state index in [0.29, 0.717) is 16.4 Å². The zero-order valence-corrected chi connectivity index (χ0v) is 15.5. The highest BCUT2D eigenvalue weighted by Crippen LogP contribution is 2.22. The van der Waals surface area contributed by atoms with Gasteiger partial charge in [-0.1, -0.05) is 23.2 Å². The zero-order chi connectivity index (χ0) is 19.3. The highest BCUT2D eigenvalue weighted by molar-refractivity contribution is 6.35. The van der Waals surface area contributed by atoms with E-state index in [1.165, 1.54) is 26.0 Å². The van der Waals surface area contributed by atoms with E-state index < -0.39 is 18.0 Å². The molecule has 136 valence electrons. The summed E-state index contributed by atoms with van der Waals surface area (Å²) in [5.74, 6) is -1.45. The first-order valence-corrected chi connectivity index (χ1v) is 8.36. The van der Waals surface area contributed by atoms with Crippen molar-refractivity contribution in [2.75, 3.05) is 10.6 Å². The maximum atomic E-state index is 12.2. The number of halogens is 2. The van der Waals surface area contributed by atoms with E-state index in [2.05, 4.69) is 10.6 Å². The summed E-state index contributed by atoms with van der Waals surface area (Å²) in [6, 6.07) is 10.9. The lowest BCUT2D eigenvalue weighted by molar-refractivity contribution is -0.123. The minimum absolute atomic E-state index is 0.0819. The third-order valence-corrected chi connectivity index (χ3v) is 3.84. The third kappa shape index (κ3) is 5.47. The van der Waals surface area contributed by atoms with Crippen LogP contribution in [0.4, 0.5) is 11.4 Å². The van der Waals surface area contributed by atoms with Crippen molar-refractivity contribution in [1.82, 2.24) is 0 Å². The molecule has 0 unspecified atom stereocenters. The molecule has 0 bridgehead atoms. The predicted molar refractivity (Wildman–Crippen MR) is 101 cm³/mol. The Labute approximate surface area is 160 Å². The van der Waals surface area contributed by atoms with Gasteiger partial charge in [0.05, 0.1) is 10.6 Å². The Balaban J connectivity index is 1.97. The molecule has 2 rings (SSSR count). The molecule has 1 atom stereocenters. The van der Waals surface area contributed by atoms with Crippen LogP contribution < -0.4 is 10.6 Å². The van der Waals surface area contributed by atoms with Crippen LogP contribution in [0.25, 0.3) is 0 Å². The van der Waals surface area contributed by atoms with Crippen molar-refractivity contribution in [1.29, 1.82) is 0 Å². The van der Waals surface area contributed by atoms with Crippen LogP contribution in [0.15, 0.2) is 42.5 Å². The summed E-state index contributed by atoms with van der Waals surface area (Å²) in [5, 5.41) is 5.75. The van der Waals surface area contributed by atoms with Gasteiger partial charge < -0.3 is 15.4 Å². The van der Waals surface area contributed by atoms with Gasteiger partial charge in [-0.3, -0.25) is 9.59 Å². The molecule has 26 heavy (non-hydrogen) atoms. The van der Waals surface area contributed by atoms with Gasteiger partial charge in [-0.2, -0.15) is 0 Å². The molecule has 0 aliphatic rings. The Morgan fingerprint density at radius 1 is 0.962 bits per heavy atom. The topological polar surface area (TPSA) is 84.5 Å². The highest BCUT2D eigenvalue weighted by Gasteiger charge is 2.21. The van der Waals surface area contributed by atoms with E-state index in [4.69, 9.17) is 27.9 Å². The summed E-state index contributed by atoms with van der Waals surface area (Å²) in [4.78, 5) is 35.3. The van der Waals surface area contributed by atoms with Crippen LogP contribution in [0.3, 0.4) is 0 Å². The second-order valence-corrected chi connectivity index (χ2v) is 6.26. The summed E-state index contributed by atoms with van der Waals surface area (Å²) in [6.45, 7) is 2.84. The van der Waals surface area contributed by atoms with Gasteiger partial charge in [0.1, 0.15) is 0 Å². The van der Waals surface area contributed by atoms with Crippen LogP contribution in [0, 0.1) is 0 Å². The van der Waals surface area contributed by atoms with E-state index in [9.17, 15) is 14.4 Å². The average molecular weight is 395 g/mol. The number of rotatable bonds is 5. The molecule has 0 aliphatic carbocycles. The monoisotopic (exact) mass is 394 g/mol. The lowest BCUT2D eigenvalue weighted by Gasteiger charge is -2.14. The molecule has 0 aromatic heterocycles. The van der Waals surface area contributed by atoms with Crippen molar-refractivity contribution in [2.24, 2.45) is 0 Å². The first kappa shape index (κ1) is 19.8. The number of carbonyl (C=O) groups is 3. The maximum absolute atomic E-state index is 12.2. The first-order valence-electron chi connectivity index (χ1n) is 7.61. The fourth-order valence-corrected chi connectivity index (χ4v) is 2.38. The molecule has 0 fully saturated rings. The van der Waals surface area contributed by atoms with Crippen molar-refractivity contribution in [2.45, 2.75) is 20.0 Å². The van der Waals surface area contributed by atoms with Gasteiger partial charge in [-0.05, 0) is 49.4 Å². The number of carbonyl (C=O) groups excluding carboxylic acids is 3. The van der Waals surface area contributed by atoms with Gasteiger partial charge in [-0.25, -0.2) is 4.79 Å². The Morgan fingerprint density at radius 2 is 1.54 bits per heavy atom. The molecule has 2 N–H and O–H groups in total. The molecule has 2 amide bonds. The molecule has 2 aromatic carbocycles. The average Bonchev–Trinajstić information content (AvgIpc) is 2.58. The van der Waals surface area contributed by atoms with Gasteiger partial charge in [0.15, 0.2) is 6.10 Å². The fraction of sp³-hybridized carbons (Fsp3) is 0.167. The largest absolute Gasteiger partial charge is 0.449 e. The van der Waals surface area contributed by atoms with E-state index in [1.54, 1.807) is 30.3 Å². The number of nitrogens with one attached hydrogen (secondary N) is 2. The maximum Gasteiger partial charge on any atom is 0.340 e. The lowest BCUT2D eigenvalue weighted by Crippen LogP contribution is -2.30. The van der Waals surface area contributed by atoms with Crippen LogP contribution in [-0.4, -0.2) is 23.9 Å². The van der Waals surface area contributed by atoms with E-state index in [1.807, 2.05) is 0 Å². The van der Waals surface area contributed by atoms with Gasteiger partial charge >= 0.3 is 5.97 Å². The van der Waals surface area contributed by atoms with Crippen LogP contribution in [0.5, 0.6) is 0 Å². The Kier molecular flexibility index (Phi) is 6.60. The van der Waals surface area contributed by atoms with Crippen molar-refractivity contribution in [3.63, 3.8) is 0 Å². The third-order valence-electron chi connectivity index (χ3n) is 3.27. The molecule has 0 aliphatic heterocycles. The highest BCUT2D eigenvalue weighted by atomic mass is 35.5. The quantitative estimate of drug-likeness (QED) is 0.746. The first-order chi connectivity index (χ1) is 12.3. The number of benzene rings is 2. The molecule has 2 aromatic rings. The standard InChI is InChI=1S/C18H16Cl2N2O4/c1-10(26-18(25)15-9-12(19)3-8-16(15)20)17(24)22-14-6-4-13(5-7-14)21-11(2)23/h3-10H,1-2H3,(H,21,23)(H,22,24)/t10-/m1/s1. The molecule has 0 radical (unpaired) electrons. The Morgan fingerprint density at radius 3 is 2.12 bits per heavy atom. The SMILES string of the molecule is CC(=O)Nc1ccc(NC(=O)[C@@H](C)OC(=O)c2cc(Cl)ccc2Cl)cc1. The van der Waals surface area contributed by atoms with Gasteiger partial charge in [-0.15, -0.1) is 0 Å². The molecule has 8 heteroatoms. The van der Waals surface area contributed by atoms with Gasteiger partial charge in [0.25, 0.3) is 5.91 Å². The Hall–Kier alpha value is -2.57. The second kappa shape index (κ2) is 8.69. The van der Waals surface area contributed by atoms with E-state index >= 15 is 0 Å². The smallest absolute Gasteiger partial charge is 0.340 e. The number of hydrogen-bond acceptors (Lipinski definition) is 4. The molecule has 6 nitrogen and oxygen atoms in total. The molecule has 0 saturated heterocycles. The van der Waals surface area contributed by atoms with Crippen molar-refractivity contribution < 1.29 is 19.1 Å². The lowest BCUT2D eigenvalue weighted by atomic mass is 10.2. The van der Waals surface area contributed by atoms with Crippen LogP contribution in [0.2, 0.25) is 10.0 Å². The second-order valence-electron chi connectivity index (χ2n) is 5.42. The normalized spacial score (nSPS) is 11.4. The molecular formula is C18H16Cl2N2O4. The molecule has 0 saturated carbocycles. The van der Waals surface area contributed by atoms with Crippen molar-refractivity contribution >= 4 is 52.4 Å². The molecular weight excluding hydrogens is 379 g/mol. The number of amides is 2. The summed E-state index contributed by atoms with van der Waals surface area (Å²) >= 11 is 11.8. The van der Waals surface area contributed by atoms with E-state index in [-0.39, 0.29) is 16.5 Å².